The summed E-state index contributed by atoms with van der Waals surface area (Å²) >= 11 is 6.97. The van der Waals surface area contributed by atoms with Gasteiger partial charge in [-0.15, -0.1) is 0 Å². The minimum atomic E-state index is -0.516. The Hall–Kier alpha value is 0.400. The van der Waals surface area contributed by atoms with Crippen LogP contribution in [0.15, 0.2) is 22.7 Å². The lowest BCUT2D eigenvalue weighted by atomic mass is 9.75. The van der Waals surface area contributed by atoms with Gasteiger partial charge in [-0.3, -0.25) is 0 Å². The first kappa shape index (κ1) is 11.5. The Morgan fingerprint density at radius 1 is 1.46 bits per heavy atom. The summed E-state index contributed by atoms with van der Waals surface area (Å²) < 4.78 is 0.440. The predicted molar refractivity (Wildman–Crippen MR) is 63.3 cm³/mol. The summed E-state index contributed by atoms with van der Waals surface area (Å²) in [6.45, 7) is 6.29. The van der Waals surface area contributed by atoms with Crippen molar-refractivity contribution in [3.8, 4) is 0 Å². The molecule has 1 aliphatic rings. The Morgan fingerprint density at radius 2 is 2.00 bits per heavy atom. The molecule has 0 fully saturated rings. The Bertz CT molecular complexity index is 263. The van der Waals surface area contributed by atoms with Gasteiger partial charge in [-0.05, 0) is 11.5 Å². The van der Waals surface area contributed by atoms with Crippen molar-refractivity contribution in [3.05, 3.63) is 22.7 Å². The summed E-state index contributed by atoms with van der Waals surface area (Å²) in [6.07, 6.45) is 5.31. The molecule has 1 nitrogen and oxygen atoms in total. The summed E-state index contributed by atoms with van der Waals surface area (Å²) in [5, 5.41) is 10.0. The number of rotatable bonds is 0. The second-order valence-corrected chi connectivity index (χ2v) is 6.56. The van der Waals surface area contributed by atoms with E-state index in [9.17, 15) is 5.11 Å². The Labute approximate surface area is 96.2 Å². The average molecular weight is 310 g/mol. The van der Waals surface area contributed by atoms with E-state index in [-0.39, 0.29) is 9.74 Å². The SMILES string of the molecule is CC(C)(C)C1(Br)C=CC=C(Br)C1O. The topological polar surface area (TPSA) is 20.2 Å². The maximum atomic E-state index is 10.0. The maximum Gasteiger partial charge on any atom is 0.105 e. The van der Waals surface area contributed by atoms with Crippen molar-refractivity contribution in [1.29, 1.82) is 0 Å². The van der Waals surface area contributed by atoms with Crippen molar-refractivity contribution in [3.63, 3.8) is 0 Å². The largest absolute Gasteiger partial charge is 0.386 e. The number of aliphatic hydroxyl groups excluding tert-OH is 1. The minimum Gasteiger partial charge on any atom is -0.386 e. The number of alkyl halides is 1. The van der Waals surface area contributed by atoms with Gasteiger partial charge in [0, 0.05) is 4.48 Å². The van der Waals surface area contributed by atoms with Gasteiger partial charge >= 0.3 is 0 Å². The van der Waals surface area contributed by atoms with E-state index in [1.807, 2.05) is 18.2 Å². The summed E-state index contributed by atoms with van der Waals surface area (Å²) in [5.41, 5.74) is -0.0316. The van der Waals surface area contributed by atoms with Crippen LogP contribution < -0.4 is 0 Å². The van der Waals surface area contributed by atoms with E-state index in [2.05, 4.69) is 52.6 Å². The molecule has 1 rings (SSSR count). The van der Waals surface area contributed by atoms with Crippen LogP contribution >= 0.6 is 31.9 Å². The first-order chi connectivity index (χ1) is 5.79. The molecule has 1 aliphatic carbocycles. The molecule has 0 spiro atoms. The van der Waals surface area contributed by atoms with E-state index in [0.29, 0.717) is 0 Å². The Morgan fingerprint density at radius 3 is 2.38 bits per heavy atom. The maximum absolute atomic E-state index is 10.0. The van der Waals surface area contributed by atoms with Crippen LogP contribution in [0.25, 0.3) is 0 Å². The van der Waals surface area contributed by atoms with E-state index < -0.39 is 6.10 Å². The van der Waals surface area contributed by atoms with E-state index in [1.54, 1.807) is 0 Å². The number of allylic oxidation sites excluding steroid dienone is 2. The highest BCUT2D eigenvalue weighted by Crippen LogP contribution is 2.46. The molecular formula is C10H14Br2O. The molecule has 2 unspecified atom stereocenters. The molecule has 0 amide bonds. The van der Waals surface area contributed by atoms with Crippen LogP contribution in [-0.4, -0.2) is 15.5 Å². The van der Waals surface area contributed by atoms with E-state index in [1.165, 1.54) is 0 Å². The second-order valence-electron chi connectivity index (χ2n) is 4.33. The van der Waals surface area contributed by atoms with Gasteiger partial charge in [-0.1, -0.05) is 64.8 Å². The molecule has 0 aromatic rings. The van der Waals surface area contributed by atoms with E-state index in [4.69, 9.17) is 0 Å². The first-order valence-corrected chi connectivity index (χ1v) is 5.79. The smallest absolute Gasteiger partial charge is 0.105 e. The van der Waals surface area contributed by atoms with Crippen LogP contribution in [0.3, 0.4) is 0 Å². The second kappa shape index (κ2) is 3.52. The number of hydrogen-bond acceptors (Lipinski definition) is 1. The van der Waals surface area contributed by atoms with Crippen LogP contribution in [0.1, 0.15) is 20.8 Å². The standard InChI is InChI=1S/C10H14Br2O/c1-9(2,3)10(12)6-4-5-7(11)8(10)13/h4-6,8,13H,1-3H3. The van der Waals surface area contributed by atoms with Gasteiger partial charge in [-0.25, -0.2) is 0 Å². The van der Waals surface area contributed by atoms with Gasteiger partial charge in [0.15, 0.2) is 0 Å². The van der Waals surface area contributed by atoms with Crippen molar-refractivity contribution >= 4 is 31.9 Å². The summed E-state index contributed by atoms with van der Waals surface area (Å²) in [4.78, 5) is 0. The molecule has 0 aromatic carbocycles. The third-order valence-electron chi connectivity index (χ3n) is 2.40. The Kier molecular flexibility index (Phi) is 3.11. The highest BCUT2D eigenvalue weighted by Gasteiger charge is 2.45. The molecule has 2 atom stereocenters. The zero-order chi connectivity index (χ0) is 10.3. The van der Waals surface area contributed by atoms with Crippen molar-refractivity contribution in [1.82, 2.24) is 0 Å². The molecule has 74 valence electrons. The van der Waals surface area contributed by atoms with Crippen molar-refractivity contribution in [2.75, 3.05) is 0 Å². The minimum absolute atomic E-state index is 0.0316. The monoisotopic (exact) mass is 308 g/mol. The lowest BCUT2D eigenvalue weighted by Gasteiger charge is -2.42. The molecule has 13 heavy (non-hydrogen) atoms. The lowest BCUT2D eigenvalue weighted by Crippen LogP contribution is -2.46. The average Bonchev–Trinajstić information content (AvgIpc) is 1.98. The van der Waals surface area contributed by atoms with Crippen LogP contribution in [-0.2, 0) is 0 Å². The van der Waals surface area contributed by atoms with Gasteiger partial charge in [0.05, 0.1) is 4.32 Å². The van der Waals surface area contributed by atoms with Gasteiger partial charge in [-0.2, -0.15) is 0 Å². The fourth-order valence-corrected chi connectivity index (χ4v) is 2.54. The molecule has 0 radical (unpaired) electrons. The highest BCUT2D eigenvalue weighted by atomic mass is 79.9. The fraction of sp³-hybridized carbons (Fsp3) is 0.600. The molecular weight excluding hydrogens is 296 g/mol. The van der Waals surface area contributed by atoms with Gasteiger partial charge in [0.2, 0.25) is 0 Å². The summed E-state index contributed by atoms with van der Waals surface area (Å²) in [6, 6.07) is 0. The van der Waals surface area contributed by atoms with Crippen molar-refractivity contribution < 1.29 is 5.11 Å². The van der Waals surface area contributed by atoms with Crippen LogP contribution in [0.2, 0.25) is 0 Å². The molecule has 3 heteroatoms. The van der Waals surface area contributed by atoms with Crippen LogP contribution in [0, 0.1) is 5.41 Å². The van der Waals surface area contributed by atoms with Gasteiger partial charge in [0.25, 0.3) is 0 Å². The predicted octanol–water partition coefficient (Wildman–Crippen LogP) is 3.38. The van der Waals surface area contributed by atoms with Crippen LogP contribution in [0.4, 0.5) is 0 Å². The molecule has 0 aliphatic heterocycles. The zero-order valence-corrected chi connectivity index (χ0v) is 11.2. The van der Waals surface area contributed by atoms with Crippen LogP contribution in [0.5, 0.6) is 0 Å². The summed E-state index contributed by atoms with van der Waals surface area (Å²) in [5.74, 6) is 0. The third-order valence-corrected chi connectivity index (χ3v) is 4.99. The third kappa shape index (κ3) is 1.92. The van der Waals surface area contributed by atoms with Gasteiger partial charge in [0.1, 0.15) is 6.10 Å². The number of hydrogen-bond donors (Lipinski definition) is 1. The van der Waals surface area contributed by atoms with Crippen molar-refractivity contribution in [2.45, 2.75) is 31.2 Å². The number of aliphatic hydroxyl groups is 1. The molecule has 0 bridgehead atoms. The molecule has 1 N–H and O–H groups in total. The highest BCUT2D eigenvalue weighted by molar-refractivity contribution is 9.12. The normalized spacial score (nSPS) is 34.6. The lowest BCUT2D eigenvalue weighted by molar-refractivity contribution is 0.132. The molecule has 0 saturated carbocycles. The Balaban J connectivity index is 3.07. The van der Waals surface area contributed by atoms with Gasteiger partial charge < -0.3 is 5.11 Å². The first-order valence-electron chi connectivity index (χ1n) is 4.21. The quantitative estimate of drug-likeness (QED) is 0.680. The fourth-order valence-electron chi connectivity index (χ4n) is 1.32. The zero-order valence-electron chi connectivity index (χ0n) is 8.01. The van der Waals surface area contributed by atoms with E-state index >= 15 is 0 Å². The van der Waals surface area contributed by atoms with Crippen molar-refractivity contribution in [2.24, 2.45) is 5.41 Å². The molecule has 0 aromatic heterocycles. The van der Waals surface area contributed by atoms with E-state index in [0.717, 1.165) is 4.48 Å². The molecule has 0 heterocycles. The number of halogens is 2. The molecule has 0 saturated heterocycles. The summed E-state index contributed by atoms with van der Waals surface area (Å²) in [7, 11) is 0.